The second-order valence-corrected chi connectivity index (χ2v) is 8.73. The molecule has 1 aromatic heterocycles. The van der Waals surface area contributed by atoms with Crippen molar-refractivity contribution in [3.05, 3.63) is 65.9 Å². The summed E-state index contributed by atoms with van der Waals surface area (Å²) in [6, 6.07) is 18.8. The van der Waals surface area contributed by atoms with Crippen molar-refractivity contribution in [3.8, 4) is 0 Å². The molecule has 0 bridgehead atoms. The standard InChI is InChI=1S/C26H33N3O2S/c1-3-21-9-11-23(12-10-21)27-26(32)29(14-6-13-28-15-17-30-18-16-28)20(2)25-19-22-7-4-5-8-24(22)31-25/h4-5,7-12,19-20H,3,6,13-18H2,1-2H3,(H,27,32)/t20-/m1/s1. The monoisotopic (exact) mass is 451 g/mol. The highest BCUT2D eigenvalue weighted by Crippen LogP contribution is 2.28. The molecule has 6 heteroatoms. The third-order valence-electron chi connectivity index (χ3n) is 6.18. The van der Waals surface area contributed by atoms with Crippen LogP contribution in [0.25, 0.3) is 11.0 Å². The molecule has 1 aliphatic heterocycles. The second kappa shape index (κ2) is 10.9. The van der Waals surface area contributed by atoms with Gasteiger partial charge in [0, 0.05) is 37.3 Å². The van der Waals surface area contributed by atoms with Crippen LogP contribution in [-0.2, 0) is 11.2 Å². The number of hydrogen-bond donors (Lipinski definition) is 1. The first-order valence-electron chi connectivity index (χ1n) is 11.6. The first-order chi connectivity index (χ1) is 15.6. The van der Waals surface area contributed by atoms with Crippen molar-refractivity contribution in [2.24, 2.45) is 0 Å². The largest absolute Gasteiger partial charge is 0.459 e. The van der Waals surface area contributed by atoms with Crippen LogP contribution in [0.3, 0.4) is 0 Å². The molecule has 1 aliphatic rings. The molecule has 3 aromatic rings. The number of ether oxygens (including phenoxy) is 1. The molecule has 0 amide bonds. The van der Waals surface area contributed by atoms with E-state index in [1.165, 1.54) is 5.56 Å². The Morgan fingerprint density at radius 3 is 2.59 bits per heavy atom. The van der Waals surface area contributed by atoms with Crippen LogP contribution in [0, 0.1) is 0 Å². The Kier molecular flexibility index (Phi) is 7.79. The van der Waals surface area contributed by atoms with Crippen molar-refractivity contribution < 1.29 is 9.15 Å². The van der Waals surface area contributed by atoms with Crippen LogP contribution in [0.5, 0.6) is 0 Å². The summed E-state index contributed by atoms with van der Waals surface area (Å²) >= 11 is 5.89. The summed E-state index contributed by atoms with van der Waals surface area (Å²) in [6.45, 7) is 9.89. The number of para-hydroxylation sites is 1. The van der Waals surface area contributed by atoms with Crippen LogP contribution in [0.1, 0.15) is 37.6 Å². The minimum Gasteiger partial charge on any atom is -0.459 e. The fourth-order valence-electron chi connectivity index (χ4n) is 4.14. The van der Waals surface area contributed by atoms with E-state index in [1.807, 2.05) is 18.2 Å². The van der Waals surface area contributed by atoms with Crippen molar-refractivity contribution in [3.63, 3.8) is 0 Å². The van der Waals surface area contributed by atoms with Crippen LogP contribution >= 0.6 is 12.2 Å². The first-order valence-corrected chi connectivity index (χ1v) is 12.0. The molecule has 2 aromatic carbocycles. The van der Waals surface area contributed by atoms with Gasteiger partial charge in [-0.15, -0.1) is 0 Å². The number of nitrogens with one attached hydrogen (secondary N) is 1. The highest BCUT2D eigenvalue weighted by atomic mass is 32.1. The summed E-state index contributed by atoms with van der Waals surface area (Å²) in [7, 11) is 0. The molecule has 1 atom stereocenters. The van der Waals surface area contributed by atoms with Crippen molar-refractivity contribution in [1.82, 2.24) is 9.80 Å². The van der Waals surface area contributed by atoms with Gasteiger partial charge in [0.25, 0.3) is 0 Å². The number of morpholine rings is 1. The number of aryl methyl sites for hydroxylation is 1. The van der Waals surface area contributed by atoms with Crippen molar-refractivity contribution in [2.45, 2.75) is 32.7 Å². The molecule has 0 unspecified atom stereocenters. The number of furan rings is 1. The minimum atomic E-state index is 0.0296. The molecule has 0 saturated carbocycles. The van der Waals surface area contributed by atoms with E-state index in [9.17, 15) is 0 Å². The average Bonchev–Trinajstić information content (AvgIpc) is 3.27. The highest BCUT2D eigenvalue weighted by molar-refractivity contribution is 7.80. The predicted octanol–water partition coefficient (Wildman–Crippen LogP) is 5.48. The fraction of sp³-hybridized carbons (Fsp3) is 0.423. The van der Waals surface area contributed by atoms with Gasteiger partial charge >= 0.3 is 0 Å². The summed E-state index contributed by atoms with van der Waals surface area (Å²) in [6.07, 6.45) is 2.06. The lowest BCUT2D eigenvalue weighted by molar-refractivity contribution is 0.0365. The van der Waals surface area contributed by atoms with Crippen LogP contribution in [0.4, 0.5) is 5.69 Å². The Balaban J connectivity index is 1.48. The fourth-order valence-corrected chi connectivity index (χ4v) is 4.51. The van der Waals surface area contributed by atoms with Crippen LogP contribution in [0.2, 0.25) is 0 Å². The molecule has 0 aliphatic carbocycles. The number of thiocarbonyl (C=S) groups is 1. The smallest absolute Gasteiger partial charge is 0.174 e. The molecule has 5 nitrogen and oxygen atoms in total. The number of fused-ring (bicyclic) bond motifs is 1. The molecular weight excluding hydrogens is 418 g/mol. The zero-order valence-corrected chi connectivity index (χ0v) is 19.9. The van der Waals surface area contributed by atoms with Gasteiger partial charge in [-0.25, -0.2) is 0 Å². The third kappa shape index (κ3) is 5.68. The van der Waals surface area contributed by atoms with Crippen molar-refractivity contribution in [2.75, 3.05) is 44.7 Å². The van der Waals surface area contributed by atoms with Crippen LogP contribution < -0.4 is 5.32 Å². The average molecular weight is 452 g/mol. The van der Waals surface area contributed by atoms with Gasteiger partial charge in [-0.1, -0.05) is 37.3 Å². The number of hydrogen-bond acceptors (Lipinski definition) is 4. The number of anilines is 1. The first kappa shape index (κ1) is 22.8. The summed E-state index contributed by atoms with van der Waals surface area (Å²) in [5.74, 6) is 0.933. The lowest BCUT2D eigenvalue weighted by Crippen LogP contribution is -2.41. The molecule has 170 valence electrons. The maximum Gasteiger partial charge on any atom is 0.174 e. The molecule has 1 N–H and O–H groups in total. The zero-order valence-electron chi connectivity index (χ0n) is 19.0. The van der Waals surface area contributed by atoms with Gasteiger partial charge < -0.3 is 19.4 Å². The summed E-state index contributed by atoms with van der Waals surface area (Å²) in [5.41, 5.74) is 3.25. The van der Waals surface area contributed by atoms with Gasteiger partial charge in [0.2, 0.25) is 0 Å². The normalized spacial score (nSPS) is 15.6. The van der Waals surface area contributed by atoms with E-state index < -0.39 is 0 Å². The number of nitrogens with zero attached hydrogens (tertiary/aromatic N) is 2. The molecule has 32 heavy (non-hydrogen) atoms. The van der Waals surface area contributed by atoms with Gasteiger partial charge in [-0.3, -0.25) is 4.90 Å². The van der Waals surface area contributed by atoms with E-state index in [-0.39, 0.29) is 6.04 Å². The Labute approximate surface area is 196 Å². The van der Waals surface area contributed by atoms with Crippen LogP contribution in [0.15, 0.2) is 59.0 Å². The third-order valence-corrected chi connectivity index (χ3v) is 6.51. The minimum absolute atomic E-state index is 0.0296. The van der Waals surface area contributed by atoms with E-state index in [2.05, 4.69) is 65.4 Å². The number of benzene rings is 2. The van der Waals surface area contributed by atoms with Gasteiger partial charge in [-0.05, 0) is 61.8 Å². The molecule has 0 radical (unpaired) electrons. The van der Waals surface area contributed by atoms with Gasteiger partial charge in [0.1, 0.15) is 11.3 Å². The quantitative estimate of drug-likeness (QED) is 0.458. The maximum absolute atomic E-state index is 6.18. The molecule has 1 saturated heterocycles. The summed E-state index contributed by atoms with van der Waals surface area (Å²) < 4.78 is 11.7. The van der Waals surface area contributed by atoms with E-state index in [1.54, 1.807) is 0 Å². The molecule has 2 heterocycles. The Bertz CT molecular complexity index is 978. The second-order valence-electron chi connectivity index (χ2n) is 8.34. The lowest BCUT2D eigenvalue weighted by atomic mass is 10.1. The van der Waals surface area contributed by atoms with Crippen LogP contribution in [-0.4, -0.2) is 54.3 Å². The van der Waals surface area contributed by atoms with Gasteiger partial charge in [0.15, 0.2) is 5.11 Å². The van der Waals surface area contributed by atoms with E-state index in [4.69, 9.17) is 21.4 Å². The summed E-state index contributed by atoms with van der Waals surface area (Å²) in [4.78, 5) is 4.72. The van der Waals surface area contributed by atoms with E-state index in [0.717, 1.165) is 79.8 Å². The SMILES string of the molecule is CCc1ccc(NC(=S)N(CCCN2CCOCC2)[C@H](C)c2cc3ccccc3o2)cc1. The molecule has 0 spiro atoms. The highest BCUT2D eigenvalue weighted by Gasteiger charge is 2.22. The van der Waals surface area contributed by atoms with Gasteiger partial charge in [0.05, 0.1) is 19.3 Å². The van der Waals surface area contributed by atoms with Crippen molar-refractivity contribution >= 4 is 34.0 Å². The Morgan fingerprint density at radius 1 is 1.12 bits per heavy atom. The maximum atomic E-state index is 6.18. The topological polar surface area (TPSA) is 40.9 Å². The molecule has 1 fully saturated rings. The Hall–Kier alpha value is -2.41. The molecular formula is C26H33N3O2S. The lowest BCUT2D eigenvalue weighted by Gasteiger charge is -2.32. The number of rotatable bonds is 8. The molecule has 4 rings (SSSR count). The van der Waals surface area contributed by atoms with E-state index >= 15 is 0 Å². The van der Waals surface area contributed by atoms with Crippen molar-refractivity contribution in [1.29, 1.82) is 0 Å². The Morgan fingerprint density at radius 2 is 1.88 bits per heavy atom. The van der Waals surface area contributed by atoms with Gasteiger partial charge in [-0.2, -0.15) is 0 Å². The van der Waals surface area contributed by atoms with E-state index in [0.29, 0.717) is 0 Å². The summed E-state index contributed by atoms with van der Waals surface area (Å²) in [5, 5.41) is 5.30. The predicted molar refractivity (Wildman–Crippen MR) is 135 cm³/mol. The zero-order chi connectivity index (χ0) is 22.3.